The SMILES string of the molecule is C#CC.COc1ccccc1S(=O)N1CCC2(CC1)OCCN2S(=O)(=O)c1ccccc1OC.O. The third kappa shape index (κ3) is 5.86. The van der Waals surface area contributed by atoms with E-state index in [-0.39, 0.29) is 16.9 Å². The van der Waals surface area contributed by atoms with Gasteiger partial charge >= 0.3 is 0 Å². The van der Waals surface area contributed by atoms with Gasteiger partial charge in [0.15, 0.2) is 0 Å². The van der Waals surface area contributed by atoms with Crippen LogP contribution in [-0.2, 0) is 25.7 Å². The lowest BCUT2D eigenvalue weighted by Gasteiger charge is -2.42. The number of rotatable bonds is 6. The van der Waals surface area contributed by atoms with Crippen LogP contribution in [0.4, 0.5) is 0 Å². The predicted octanol–water partition coefficient (Wildman–Crippen LogP) is 2.05. The molecule has 2 aliphatic rings. The van der Waals surface area contributed by atoms with Crippen LogP contribution in [0.3, 0.4) is 0 Å². The van der Waals surface area contributed by atoms with Gasteiger partial charge in [0.25, 0.3) is 0 Å². The van der Waals surface area contributed by atoms with Gasteiger partial charge in [-0.1, -0.05) is 24.3 Å². The van der Waals surface area contributed by atoms with Gasteiger partial charge in [-0.2, -0.15) is 4.31 Å². The summed E-state index contributed by atoms with van der Waals surface area (Å²) in [6.45, 7) is 3.12. The van der Waals surface area contributed by atoms with E-state index >= 15 is 0 Å². The standard InChI is InChI=1S/C21H26N2O6S2.C3H4.H2O/c1-27-17-7-3-5-9-19(17)30(24)22-13-11-21(12-14-22)23(15-16-29-21)31(25,26)20-10-6-4-8-18(20)28-2;1-3-2;/h3-10H,11-16H2,1-2H3;1H,2H3;1H2. The van der Waals surface area contributed by atoms with Gasteiger partial charge in [-0.15, -0.1) is 12.3 Å². The minimum atomic E-state index is -3.82. The third-order valence-electron chi connectivity index (χ3n) is 5.75. The molecule has 4 rings (SSSR count). The first-order valence-electron chi connectivity index (χ1n) is 10.8. The van der Waals surface area contributed by atoms with Gasteiger partial charge in [0.2, 0.25) is 10.0 Å². The van der Waals surface area contributed by atoms with Gasteiger partial charge in [-0.3, -0.25) is 0 Å². The van der Waals surface area contributed by atoms with Crippen LogP contribution in [0.25, 0.3) is 0 Å². The number of hydrogen-bond acceptors (Lipinski definition) is 6. The van der Waals surface area contributed by atoms with E-state index in [1.165, 1.54) is 11.4 Å². The number of sulfonamides is 1. The monoisotopic (exact) mass is 524 g/mol. The summed E-state index contributed by atoms with van der Waals surface area (Å²) in [5.41, 5.74) is -0.943. The van der Waals surface area contributed by atoms with E-state index in [2.05, 4.69) is 12.3 Å². The number of para-hydroxylation sites is 2. The molecule has 2 N–H and O–H groups in total. The molecule has 9 nitrogen and oxygen atoms in total. The molecular weight excluding hydrogens is 492 g/mol. The molecule has 11 heteroatoms. The Bertz CT molecular complexity index is 1160. The fourth-order valence-electron chi connectivity index (χ4n) is 4.18. The number of methoxy groups -OCH3 is 2. The van der Waals surface area contributed by atoms with Crippen LogP contribution in [0.2, 0.25) is 0 Å². The smallest absolute Gasteiger partial charge is 0.249 e. The van der Waals surface area contributed by atoms with Crippen molar-refractivity contribution in [3.8, 4) is 23.8 Å². The van der Waals surface area contributed by atoms with Gasteiger partial charge in [0.05, 0.1) is 25.7 Å². The molecular formula is C24H32N2O7S2. The zero-order valence-corrected chi connectivity index (χ0v) is 21.7. The van der Waals surface area contributed by atoms with Crippen molar-refractivity contribution in [2.45, 2.75) is 35.3 Å². The average Bonchev–Trinajstić information content (AvgIpc) is 3.28. The molecule has 2 aromatic rings. The summed E-state index contributed by atoms with van der Waals surface area (Å²) in [6.07, 6.45) is 5.44. The summed E-state index contributed by atoms with van der Waals surface area (Å²) >= 11 is 0. The first-order chi connectivity index (χ1) is 16.3. The van der Waals surface area contributed by atoms with Crippen LogP contribution in [0.1, 0.15) is 19.8 Å². The Hall–Kier alpha value is -2.46. The van der Waals surface area contributed by atoms with Crippen molar-refractivity contribution < 1.29 is 32.3 Å². The maximum atomic E-state index is 13.5. The van der Waals surface area contributed by atoms with E-state index < -0.39 is 26.7 Å². The summed E-state index contributed by atoms with van der Waals surface area (Å²) in [6, 6.07) is 13.8. The second-order valence-electron chi connectivity index (χ2n) is 7.64. The van der Waals surface area contributed by atoms with Crippen molar-refractivity contribution in [2.24, 2.45) is 0 Å². The van der Waals surface area contributed by atoms with Crippen molar-refractivity contribution in [2.75, 3.05) is 40.5 Å². The molecule has 2 saturated heterocycles. The highest BCUT2D eigenvalue weighted by Crippen LogP contribution is 2.40. The molecule has 0 aliphatic carbocycles. The number of piperidine rings is 1. The molecule has 1 spiro atoms. The zero-order valence-electron chi connectivity index (χ0n) is 20.1. The van der Waals surface area contributed by atoms with E-state index in [0.29, 0.717) is 48.9 Å². The minimum absolute atomic E-state index is 0. The summed E-state index contributed by atoms with van der Waals surface area (Å²) in [5.74, 6) is 3.12. The lowest BCUT2D eigenvalue weighted by Crippen LogP contribution is -2.55. The molecule has 0 saturated carbocycles. The molecule has 1 unspecified atom stereocenters. The van der Waals surface area contributed by atoms with Crippen LogP contribution in [0, 0.1) is 12.3 Å². The van der Waals surface area contributed by atoms with Gasteiger partial charge in [0, 0.05) is 32.5 Å². The Morgan fingerprint density at radius 1 is 1.00 bits per heavy atom. The van der Waals surface area contributed by atoms with E-state index in [9.17, 15) is 12.6 Å². The summed E-state index contributed by atoms with van der Waals surface area (Å²) in [4.78, 5) is 0.731. The highest BCUT2D eigenvalue weighted by Gasteiger charge is 2.51. The van der Waals surface area contributed by atoms with E-state index in [1.54, 1.807) is 50.4 Å². The largest absolute Gasteiger partial charge is 0.495 e. The van der Waals surface area contributed by atoms with Gasteiger partial charge in [-0.05, 0) is 31.2 Å². The van der Waals surface area contributed by atoms with Crippen molar-refractivity contribution in [3.05, 3.63) is 48.5 Å². The zero-order chi connectivity index (χ0) is 24.8. The number of nitrogens with zero attached hydrogens (tertiary/aromatic N) is 2. The van der Waals surface area contributed by atoms with Gasteiger partial charge in [-0.25, -0.2) is 16.9 Å². The van der Waals surface area contributed by atoms with Crippen LogP contribution in [-0.4, -0.2) is 72.9 Å². The van der Waals surface area contributed by atoms with Crippen molar-refractivity contribution in [1.82, 2.24) is 8.61 Å². The van der Waals surface area contributed by atoms with Crippen molar-refractivity contribution in [3.63, 3.8) is 0 Å². The van der Waals surface area contributed by atoms with Crippen LogP contribution in [0.15, 0.2) is 58.3 Å². The Kier molecular flexibility index (Phi) is 10.3. The summed E-state index contributed by atoms with van der Waals surface area (Å²) in [7, 11) is -2.22. The maximum absolute atomic E-state index is 13.5. The highest BCUT2D eigenvalue weighted by molar-refractivity contribution is 7.89. The molecule has 0 aromatic heterocycles. The Labute approximate surface area is 209 Å². The maximum Gasteiger partial charge on any atom is 0.249 e. The number of hydrogen-bond donors (Lipinski definition) is 0. The van der Waals surface area contributed by atoms with E-state index in [4.69, 9.17) is 14.2 Å². The molecule has 35 heavy (non-hydrogen) atoms. The van der Waals surface area contributed by atoms with Gasteiger partial charge < -0.3 is 19.7 Å². The average molecular weight is 525 g/mol. The lowest BCUT2D eigenvalue weighted by atomic mass is 10.0. The van der Waals surface area contributed by atoms with E-state index in [1.807, 2.05) is 16.4 Å². The summed E-state index contributed by atoms with van der Waals surface area (Å²) < 4.78 is 60.0. The Morgan fingerprint density at radius 3 is 2.14 bits per heavy atom. The quantitative estimate of drug-likeness (QED) is 0.534. The molecule has 2 heterocycles. The van der Waals surface area contributed by atoms with Crippen molar-refractivity contribution in [1.29, 1.82) is 0 Å². The number of ether oxygens (including phenoxy) is 3. The first-order valence-corrected chi connectivity index (χ1v) is 13.4. The molecule has 2 fully saturated rings. The van der Waals surface area contributed by atoms with Gasteiger partial charge in [0.1, 0.15) is 33.1 Å². The van der Waals surface area contributed by atoms with Crippen LogP contribution >= 0.6 is 0 Å². The fraction of sp³-hybridized carbons (Fsp3) is 0.417. The van der Waals surface area contributed by atoms with Crippen LogP contribution < -0.4 is 9.47 Å². The second kappa shape index (κ2) is 12.5. The predicted molar refractivity (Wildman–Crippen MR) is 134 cm³/mol. The second-order valence-corrected chi connectivity index (χ2v) is 10.9. The molecule has 2 aromatic carbocycles. The molecule has 0 radical (unpaired) electrons. The number of terminal acetylenes is 1. The molecule has 0 bridgehead atoms. The fourth-order valence-corrected chi connectivity index (χ4v) is 7.37. The number of benzene rings is 2. The molecule has 1 atom stereocenters. The Balaban J connectivity index is 0.00000103. The Morgan fingerprint density at radius 2 is 1.54 bits per heavy atom. The van der Waals surface area contributed by atoms with E-state index in [0.717, 1.165) is 0 Å². The molecule has 192 valence electrons. The molecule has 2 aliphatic heterocycles. The summed E-state index contributed by atoms with van der Waals surface area (Å²) in [5, 5.41) is 0. The van der Waals surface area contributed by atoms with Crippen molar-refractivity contribution >= 4 is 21.0 Å². The lowest BCUT2D eigenvalue weighted by molar-refractivity contribution is -0.0802. The third-order valence-corrected chi connectivity index (χ3v) is 9.29. The van der Waals surface area contributed by atoms with Crippen LogP contribution in [0.5, 0.6) is 11.5 Å². The topological polar surface area (TPSA) is 117 Å². The normalized spacial score (nSPS) is 18.5. The molecule has 0 amide bonds. The highest BCUT2D eigenvalue weighted by atomic mass is 32.2. The minimum Gasteiger partial charge on any atom is -0.495 e. The first kappa shape index (κ1) is 28.8.